The molecule has 7 heteroatoms. The van der Waals surface area contributed by atoms with Gasteiger partial charge in [0.25, 0.3) is 5.91 Å². The largest absolute Gasteiger partial charge is 0.352 e. The Hall–Kier alpha value is -1.11. The average Bonchev–Trinajstić information content (AvgIpc) is 2.30. The third-order valence-corrected chi connectivity index (χ3v) is 4.35. The first-order chi connectivity index (χ1) is 9.12. The van der Waals surface area contributed by atoms with Crippen molar-refractivity contribution in [2.45, 2.75) is 32.1 Å². The first-order valence-corrected chi connectivity index (χ1v) is 8.16. The van der Waals surface area contributed by atoms with Crippen molar-refractivity contribution in [3.05, 3.63) is 28.3 Å². The Morgan fingerprint density at radius 3 is 2.50 bits per heavy atom. The lowest BCUT2D eigenvalue weighted by Crippen LogP contribution is -2.26. The molecule has 0 bridgehead atoms. The molecule has 0 fully saturated rings. The van der Waals surface area contributed by atoms with E-state index in [0.29, 0.717) is 18.0 Å². The smallest absolute Gasteiger partial charge is 0.251 e. The Morgan fingerprint density at radius 2 is 2.00 bits per heavy atom. The molecular formula is C13H19ClN2O3S. The molecule has 0 radical (unpaired) electrons. The van der Waals surface area contributed by atoms with Crippen LogP contribution >= 0.6 is 11.6 Å². The van der Waals surface area contributed by atoms with Crippen LogP contribution in [0.25, 0.3) is 0 Å². The molecule has 1 aromatic carbocycles. The molecule has 0 aliphatic heterocycles. The van der Waals surface area contributed by atoms with Gasteiger partial charge in [0, 0.05) is 12.1 Å². The number of halogens is 1. The zero-order valence-electron chi connectivity index (χ0n) is 11.7. The van der Waals surface area contributed by atoms with Crippen LogP contribution < -0.4 is 10.5 Å². The van der Waals surface area contributed by atoms with Crippen molar-refractivity contribution < 1.29 is 13.2 Å². The van der Waals surface area contributed by atoms with Crippen LogP contribution in [0.5, 0.6) is 0 Å². The highest BCUT2D eigenvalue weighted by molar-refractivity contribution is 7.89. The Balaban J connectivity index is 3.03. The second kappa shape index (κ2) is 6.56. The van der Waals surface area contributed by atoms with Crippen molar-refractivity contribution in [1.82, 2.24) is 5.32 Å². The van der Waals surface area contributed by atoms with Crippen LogP contribution in [-0.2, 0) is 10.0 Å². The predicted octanol–water partition coefficient (Wildman–Crippen LogP) is 2.07. The Morgan fingerprint density at radius 1 is 1.40 bits per heavy atom. The number of sulfonamides is 1. The van der Waals surface area contributed by atoms with Gasteiger partial charge in [0.15, 0.2) is 0 Å². The number of rotatable bonds is 5. The molecule has 0 saturated carbocycles. The van der Waals surface area contributed by atoms with Gasteiger partial charge >= 0.3 is 0 Å². The van der Waals surface area contributed by atoms with Crippen LogP contribution in [-0.4, -0.2) is 20.9 Å². The predicted molar refractivity (Wildman–Crippen MR) is 79.4 cm³/mol. The van der Waals surface area contributed by atoms with Gasteiger partial charge in [0.1, 0.15) is 4.90 Å². The summed E-state index contributed by atoms with van der Waals surface area (Å²) in [6.07, 6.45) is 0.848. The summed E-state index contributed by atoms with van der Waals surface area (Å²) in [4.78, 5) is 11.8. The molecule has 112 valence electrons. The molecule has 0 unspecified atom stereocenters. The number of aryl methyl sites for hydroxylation is 1. The minimum absolute atomic E-state index is 0.0474. The van der Waals surface area contributed by atoms with Crippen LogP contribution in [0.3, 0.4) is 0 Å². The molecule has 1 aromatic rings. The standard InChI is InChI=1S/C13H19ClN2O3S/c1-8(2)4-5-16-13(17)10-6-9(3)12(14)11(7-10)20(15,18)19/h6-8H,4-5H2,1-3H3,(H,16,17)(H2,15,18,19). The van der Waals surface area contributed by atoms with Crippen molar-refractivity contribution in [3.8, 4) is 0 Å². The Labute approximate surface area is 124 Å². The van der Waals surface area contributed by atoms with Crippen LogP contribution in [0.2, 0.25) is 5.02 Å². The number of primary sulfonamides is 1. The van der Waals surface area contributed by atoms with Crippen molar-refractivity contribution in [3.63, 3.8) is 0 Å². The summed E-state index contributed by atoms with van der Waals surface area (Å²) in [6, 6.07) is 2.75. The van der Waals surface area contributed by atoms with Gasteiger partial charge in [-0.1, -0.05) is 25.4 Å². The van der Waals surface area contributed by atoms with E-state index in [1.165, 1.54) is 6.07 Å². The molecule has 0 saturated heterocycles. The summed E-state index contributed by atoms with van der Waals surface area (Å²) >= 11 is 5.91. The fourth-order valence-electron chi connectivity index (χ4n) is 1.65. The van der Waals surface area contributed by atoms with E-state index in [0.717, 1.165) is 6.42 Å². The van der Waals surface area contributed by atoms with Crippen molar-refractivity contribution in [2.75, 3.05) is 6.54 Å². The molecular weight excluding hydrogens is 300 g/mol. The fraction of sp³-hybridized carbons (Fsp3) is 0.462. The fourth-order valence-corrected chi connectivity index (χ4v) is 2.79. The number of hydrogen-bond acceptors (Lipinski definition) is 3. The van der Waals surface area contributed by atoms with E-state index < -0.39 is 10.0 Å². The first kappa shape index (κ1) is 16.9. The number of hydrogen-bond donors (Lipinski definition) is 2. The quantitative estimate of drug-likeness (QED) is 0.871. The van der Waals surface area contributed by atoms with Gasteiger partial charge in [-0.25, -0.2) is 13.6 Å². The van der Waals surface area contributed by atoms with Crippen LogP contribution in [0.4, 0.5) is 0 Å². The molecule has 0 aliphatic rings. The van der Waals surface area contributed by atoms with Crippen molar-refractivity contribution >= 4 is 27.5 Å². The molecule has 0 aliphatic carbocycles. The van der Waals surface area contributed by atoms with E-state index in [-0.39, 0.29) is 21.4 Å². The molecule has 1 rings (SSSR count). The van der Waals surface area contributed by atoms with E-state index in [1.54, 1.807) is 13.0 Å². The minimum atomic E-state index is -3.96. The molecule has 20 heavy (non-hydrogen) atoms. The third kappa shape index (κ3) is 4.47. The molecule has 0 aromatic heterocycles. The van der Waals surface area contributed by atoms with E-state index >= 15 is 0 Å². The van der Waals surface area contributed by atoms with Crippen LogP contribution in [0.15, 0.2) is 17.0 Å². The van der Waals surface area contributed by atoms with Gasteiger partial charge in [-0.3, -0.25) is 4.79 Å². The molecule has 0 atom stereocenters. The maximum atomic E-state index is 12.0. The summed E-state index contributed by atoms with van der Waals surface area (Å²) in [5.41, 5.74) is 0.729. The van der Waals surface area contributed by atoms with E-state index in [2.05, 4.69) is 19.2 Å². The molecule has 0 spiro atoms. The number of nitrogens with two attached hydrogens (primary N) is 1. The minimum Gasteiger partial charge on any atom is -0.352 e. The second-order valence-corrected chi connectivity index (χ2v) is 7.00. The van der Waals surface area contributed by atoms with Crippen molar-refractivity contribution in [2.24, 2.45) is 11.1 Å². The lowest BCUT2D eigenvalue weighted by atomic mass is 10.1. The van der Waals surface area contributed by atoms with E-state index in [9.17, 15) is 13.2 Å². The van der Waals surface area contributed by atoms with E-state index in [4.69, 9.17) is 16.7 Å². The summed E-state index contributed by atoms with van der Waals surface area (Å²) in [5, 5.41) is 7.88. The monoisotopic (exact) mass is 318 g/mol. The molecule has 1 amide bonds. The highest BCUT2D eigenvalue weighted by Crippen LogP contribution is 2.25. The normalized spacial score (nSPS) is 11.7. The third-order valence-electron chi connectivity index (χ3n) is 2.80. The van der Waals surface area contributed by atoms with Crippen LogP contribution in [0.1, 0.15) is 36.2 Å². The van der Waals surface area contributed by atoms with Crippen molar-refractivity contribution in [1.29, 1.82) is 0 Å². The average molecular weight is 319 g/mol. The Bertz CT molecular complexity index is 612. The number of nitrogens with one attached hydrogen (secondary N) is 1. The number of carbonyl (C=O) groups excluding carboxylic acids is 1. The Kier molecular flexibility index (Phi) is 5.56. The lowest BCUT2D eigenvalue weighted by Gasteiger charge is -2.10. The molecule has 3 N–H and O–H groups in total. The SMILES string of the molecule is Cc1cc(C(=O)NCCC(C)C)cc(S(N)(=O)=O)c1Cl. The lowest BCUT2D eigenvalue weighted by molar-refractivity contribution is 0.0951. The zero-order valence-corrected chi connectivity index (χ0v) is 13.3. The maximum absolute atomic E-state index is 12.0. The zero-order chi connectivity index (χ0) is 15.5. The number of benzene rings is 1. The first-order valence-electron chi connectivity index (χ1n) is 6.24. The van der Waals surface area contributed by atoms with E-state index in [1.807, 2.05) is 0 Å². The summed E-state index contributed by atoms with van der Waals surface area (Å²) < 4.78 is 22.9. The number of amides is 1. The van der Waals surface area contributed by atoms with Gasteiger partial charge in [0.2, 0.25) is 10.0 Å². The van der Waals surface area contributed by atoms with Gasteiger partial charge in [-0.15, -0.1) is 0 Å². The summed E-state index contributed by atoms with van der Waals surface area (Å²) in [5.74, 6) is 0.137. The maximum Gasteiger partial charge on any atom is 0.251 e. The summed E-state index contributed by atoms with van der Waals surface area (Å²) in [7, 11) is -3.96. The topological polar surface area (TPSA) is 89.3 Å². The summed E-state index contributed by atoms with van der Waals surface area (Å²) in [6.45, 7) is 6.26. The molecule has 5 nitrogen and oxygen atoms in total. The molecule has 0 heterocycles. The van der Waals surface area contributed by atoms with Gasteiger partial charge in [-0.2, -0.15) is 0 Å². The highest BCUT2D eigenvalue weighted by atomic mass is 35.5. The second-order valence-electron chi connectivity index (χ2n) is 5.09. The number of carbonyl (C=O) groups is 1. The van der Waals surface area contributed by atoms with Gasteiger partial charge in [0.05, 0.1) is 5.02 Å². The van der Waals surface area contributed by atoms with Gasteiger partial charge < -0.3 is 5.32 Å². The van der Waals surface area contributed by atoms with Gasteiger partial charge in [-0.05, 0) is 37.0 Å². The highest BCUT2D eigenvalue weighted by Gasteiger charge is 2.18. The van der Waals surface area contributed by atoms with Crippen LogP contribution in [0, 0.1) is 12.8 Å².